The van der Waals surface area contributed by atoms with Gasteiger partial charge in [0.05, 0.1) is 65.7 Å². The fourth-order valence-electron chi connectivity index (χ4n) is 10.6. The highest BCUT2D eigenvalue weighted by atomic mass is 16.6. The molecule has 5 aliphatic carbocycles. The monoisotopic (exact) mass is 573 g/mol. The first-order valence-electron chi connectivity index (χ1n) is 14.3. The Labute approximate surface area is 238 Å². The Morgan fingerprint density at radius 3 is 2.29 bits per heavy atom. The molecule has 7 rings (SSSR count). The Bertz CT molecular complexity index is 1270. The predicted molar refractivity (Wildman–Crippen MR) is 143 cm³/mol. The second-order valence-corrected chi connectivity index (χ2v) is 13.1. The van der Waals surface area contributed by atoms with Crippen LogP contribution in [-0.2, 0) is 18.9 Å². The van der Waals surface area contributed by atoms with Gasteiger partial charge in [-0.05, 0) is 43.0 Å². The standard InChI is InChI=1S/C30H39NO10/c1-37-14-26-13-31-23-18-11-29(26,36)30(23,20(39-3)9-19(26)32)17-10-28(35)21(40-4)12-27(18,34)22(17)24(28)41-25(33)15-5-7-16(38-2)8-6-15/h5-8,13,17-24,32,34-36H,9-12,14H2,1-4H3/t17-,18+,19-,20+,21+,22-,23?,24-,26+,27+,28+,29+,30-/m1/s1. The largest absolute Gasteiger partial charge is 0.497 e. The van der Waals surface area contributed by atoms with Crippen LogP contribution in [0.25, 0.3) is 0 Å². The first-order chi connectivity index (χ1) is 19.5. The Balaban J connectivity index is 1.39. The van der Waals surface area contributed by atoms with Crippen LogP contribution in [0, 0.1) is 28.6 Å². The molecule has 11 heteroatoms. The van der Waals surface area contributed by atoms with Gasteiger partial charge < -0.3 is 44.1 Å². The van der Waals surface area contributed by atoms with E-state index >= 15 is 0 Å². The van der Waals surface area contributed by atoms with Gasteiger partial charge in [0.25, 0.3) is 0 Å². The predicted octanol–water partition coefficient (Wildman–Crippen LogP) is 0.354. The summed E-state index contributed by atoms with van der Waals surface area (Å²) < 4.78 is 28.8. The van der Waals surface area contributed by atoms with E-state index < -0.39 is 81.8 Å². The van der Waals surface area contributed by atoms with Crippen LogP contribution in [0.3, 0.4) is 0 Å². The van der Waals surface area contributed by atoms with Crippen molar-refractivity contribution >= 4 is 12.2 Å². The molecule has 1 aliphatic heterocycles. The molecule has 11 nitrogen and oxygen atoms in total. The molecule has 0 amide bonds. The van der Waals surface area contributed by atoms with Crippen molar-refractivity contribution in [2.45, 2.75) is 72.9 Å². The number of benzene rings is 1. The maximum Gasteiger partial charge on any atom is 0.338 e. The van der Waals surface area contributed by atoms with E-state index in [4.69, 9.17) is 28.7 Å². The normalized spacial score (nSPS) is 51.9. The highest BCUT2D eigenvalue weighted by Gasteiger charge is 2.90. The van der Waals surface area contributed by atoms with Crippen molar-refractivity contribution < 1.29 is 48.9 Å². The van der Waals surface area contributed by atoms with Crippen molar-refractivity contribution in [2.75, 3.05) is 35.0 Å². The summed E-state index contributed by atoms with van der Waals surface area (Å²) in [5, 5.41) is 49.5. The topological polar surface area (TPSA) is 156 Å². The maximum atomic E-state index is 13.5. The molecule has 0 saturated heterocycles. The molecule has 0 aromatic heterocycles. The molecule has 1 heterocycles. The average molecular weight is 574 g/mol. The summed E-state index contributed by atoms with van der Waals surface area (Å²) >= 11 is 0. The van der Waals surface area contributed by atoms with Crippen LogP contribution >= 0.6 is 0 Å². The Morgan fingerprint density at radius 2 is 1.66 bits per heavy atom. The van der Waals surface area contributed by atoms with E-state index in [1.807, 2.05) is 0 Å². The van der Waals surface area contributed by atoms with Gasteiger partial charge in [-0.3, -0.25) is 4.99 Å². The van der Waals surface area contributed by atoms with Crippen molar-refractivity contribution in [1.29, 1.82) is 0 Å². The number of rotatable bonds is 7. The molecular weight excluding hydrogens is 534 g/mol. The molecule has 1 aromatic rings. The summed E-state index contributed by atoms with van der Waals surface area (Å²) in [4.78, 5) is 18.5. The lowest BCUT2D eigenvalue weighted by Gasteiger charge is -2.67. The number of methoxy groups -OCH3 is 4. The van der Waals surface area contributed by atoms with Crippen LogP contribution in [0.2, 0.25) is 0 Å². The molecule has 5 saturated carbocycles. The molecule has 1 spiro atoms. The lowest BCUT2D eigenvalue weighted by molar-refractivity contribution is -0.293. The zero-order valence-corrected chi connectivity index (χ0v) is 23.7. The quantitative estimate of drug-likeness (QED) is 0.336. The number of hydrogen-bond donors (Lipinski definition) is 4. The highest BCUT2D eigenvalue weighted by Crippen LogP contribution is 2.80. The molecule has 0 radical (unpaired) electrons. The number of carbonyl (C=O) groups is 1. The first-order valence-corrected chi connectivity index (χ1v) is 14.3. The van der Waals surface area contributed by atoms with Crippen molar-refractivity contribution in [3.8, 4) is 5.75 Å². The SMILES string of the molecule is COC[C@]12C=NC3[C@@H]4C[C@@]1(O)[C@@]3([C@@H](OC)C[C@H]2O)[C@@H]1C[C@]2(O)[C@@H](OC)C[C@@]4(O)[C@H]1[C@H]2OC(=O)c1ccc(OC)cc1. The molecule has 4 N–H and O–H groups in total. The summed E-state index contributed by atoms with van der Waals surface area (Å²) in [5.41, 5.74) is -6.70. The van der Waals surface area contributed by atoms with Crippen LogP contribution in [0.5, 0.6) is 5.75 Å². The van der Waals surface area contributed by atoms with Gasteiger partial charge >= 0.3 is 5.97 Å². The lowest BCUT2D eigenvalue weighted by atomic mass is 9.42. The molecule has 1 aromatic carbocycles. The smallest absolute Gasteiger partial charge is 0.338 e. The van der Waals surface area contributed by atoms with E-state index in [9.17, 15) is 25.2 Å². The number of carbonyl (C=O) groups excluding carboxylic acids is 1. The van der Waals surface area contributed by atoms with E-state index in [2.05, 4.69) is 0 Å². The molecule has 13 atom stereocenters. The van der Waals surface area contributed by atoms with E-state index in [1.54, 1.807) is 37.6 Å². The zero-order valence-electron chi connectivity index (χ0n) is 23.7. The molecule has 7 bridgehead atoms. The summed E-state index contributed by atoms with van der Waals surface area (Å²) in [6.07, 6.45) is -1.36. The molecule has 224 valence electrons. The van der Waals surface area contributed by atoms with Crippen LogP contribution in [-0.4, -0.2) is 115 Å². The van der Waals surface area contributed by atoms with Crippen LogP contribution in [0.15, 0.2) is 29.3 Å². The van der Waals surface area contributed by atoms with Gasteiger partial charge in [-0.25, -0.2) is 4.79 Å². The second-order valence-electron chi connectivity index (χ2n) is 13.1. The van der Waals surface area contributed by atoms with Gasteiger partial charge in [0.1, 0.15) is 17.5 Å². The van der Waals surface area contributed by atoms with Crippen LogP contribution in [0.1, 0.15) is 36.0 Å². The highest BCUT2D eigenvalue weighted by molar-refractivity contribution is 5.89. The third kappa shape index (κ3) is 2.94. The average Bonchev–Trinajstić information content (AvgIpc) is 3.30. The lowest BCUT2D eigenvalue weighted by Crippen LogP contribution is -2.79. The number of ether oxygens (including phenoxy) is 5. The molecule has 1 unspecified atom stereocenters. The van der Waals surface area contributed by atoms with Gasteiger partial charge in [-0.1, -0.05) is 0 Å². The molecule has 6 aliphatic rings. The van der Waals surface area contributed by atoms with E-state index in [0.29, 0.717) is 5.75 Å². The number of hydrogen-bond acceptors (Lipinski definition) is 11. The molecule has 41 heavy (non-hydrogen) atoms. The molecular formula is C30H39NO10. The Morgan fingerprint density at radius 1 is 0.951 bits per heavy atom. The first kappa shape index (κ1) is 27.7. The minimum absolute atomic E-state index is 0.0302. The number of aliphatic hydroxyl groups excluding tert-OH is 1. The fraction of sp³-hybridized carbons (Fsp3) is 0.733. The van der Waals surface area contributed by atoms with E-state index in [-0.39, 0.29) is 37.9 Å². The Kier molecular flexibility index (Phi) is 5.89. The summed E-state index contributed by atoms with van der Waals surface area (Å²) in [6, 6.07) is 5.96. The Hall–Kier alpha value is -2.12. The third-order valence-electron chi connectivity index (χ3n) is 12.1. The van der Waals surface area contributed by atoms with E-state index in [0.717, 1.165) is 0 Å². The number of aliphatic imine (C=N–C) groups is 1. The number of fused-ring (bicyclic) bond motifs is 2. The van der Waals surface area contributed by atoms with Crippen LogP contribution < -0.4 is 4.74 Å². The second kappa shape index (κ2) is 8.72. The van der Waals surface area contributed by atoms with Crippen molar-refractivity contribution in [3.05, 3.63) is 29.8 Å². The number of nitrogens with zero attached hydrogens (tertiary/aromatic N) is 1. The third-order valence-corrected chi connectivity index (χ3v) is 12.1. The van der Waals surface area contributed by atoms with Crippen molar-refractivity contribution in [1.82, 2.24) is 0 Å². The van der Waals surface area contributed by atoms with Crippen molar-refractivity contribution in [3.63, 3.8) is 0 Å². The summed E-state index contributed by atoms with van der Waals surface area (Å²) in [7, 11) is 6.10. The number of esters is 1. The van der Waals surface area contributed by atoms with E-state index in [1.165, 1.54) is 21.3 Å². The van der Waals surface area contributed by atoms with Gasteiger partial charge in [-0.15, -0.1) is 0 Å². The minimum atomic E-state index is -1.63. The van der Waals surface area contributed by atoms with Crippen molar-refractivity contribution in [2.24, 2.45) is 33.6 Å². The maximum absolute atomic E-state index is 13.5. The summed E-state index contributed by atoms with van der Waals surface area (Å²) in [6.45, 7) is 0.0302. The fourth-order valence-corrected chi connectivity index (χ4v) is 10.6. The van der Waals surface area contributed by atoms with Gasteiger partial charge in [-0.2, -0.15) is 0 Å². The zero-order chi connectivity index (χ0) is 29.2. The minimum Gasteiger partial charge on any atom is -0.497 e. The van der Waals surface area contributed by atoms with Gasteiger partial charge in [0, 0.05) is 52.2 Å². The van der Waals surface area contributed by atoms with Crippen LogP contribution in [0.4, 0.5) is 0 Å². The number of aliphatic hydroxyl groups is 4. The van der Waals surface area contributed by atoms with Gasteiger partial charge in [0.2, 0.25) is 0 Å². The summed E-state index contributed by atoms with van der Waals surface area (Å²) in [5.74, 6) is -1.90. The molecule has 5 fully saturated rings. The van der Waals surface area contributed by atoms with Gasteiger partial charge in [0.15, 0.2) is 0 Å².